The van der Waals surface area contributed by atoms with Gasteiger partial charge < -0.3 is 25.6 Å². The van der Waals surface area contributed by atoms with Crippen LogP contribution in [0.5, 0.6) is 5.75 Å². The van der Waals surface area contributed by atoms with E-state index >= 15 is 0 Å². The van der Waals surface area contributed by atoms with Crippen LogP contribution in [-0.2, 0) is 16.1 Å². The third kappa shape index (κ3) is 5.67. The molecule has 0 saturated carbocycles. The van der Waals surface area contributed by atoms with E-state index in [-0.39, 0.29) is 30.2 Å². The molecule has 9 nitrogen and oxygen atoms in total. The number of halogens is 1. The molecule has 0 aromatic heterocycles. The first-order valence-electron chi connectivity index (χ1n) is 8.96. The number of nitrogens with two attached hydrogens (primary N) is 1. The maximum atomic E-state index is 14.4. The van der Waals surface area contributed by atoms with Crippen LogP contribution >= 0.6 is 0 Å². The molecule has 30 heavy (non-hydrogen) atoms. The van der Waals surface area contributed by atoms with Crippen molar-refractivity contribution in [2.75, 3.05) is 19.0 Å². The highest BCUT2D eigenvalue weighted by molar-refractivity contribution is 5.97. The predicted octanol–water partition coefficient (Wildman–Crippen LogP) is 2.60. The van der Waals surface area contributed by atoms with Crippen molar-refractivity contribution in [2.24, 2.45) is 5.73 Å². The number of nitrogen functional groups attached to an aromatic ring is 1. The van der Waals surface area contributed by atoms with E-state index in [0.29, 0.717) is 16.9 Å². The van der Waals surface area contributed by atoms with Crippen LogP contribution in [0.1, 0.15) is 29.7 Å². The number of methoxy groups -OCH3 is 1. The quantitative estimate of drug-likeness (QED) is 0.312. The van der Waals surface area contributed by atoms with Crippen LogP contribution in [-0.4, -0.2) is 36.7 Å². The van der Waals surface area contributed by atoms with Gasteiger partial charge in [0.2, 0.25) is 0 Å². The first kappa shape index (κ1) is 22.6. The lowest BCUT2D eigenvalue weighted by Crippen LogP contribution is -2.31. The largest absolute Gasteiger partial charge is 0.497 e. The standard InChI is InChI=1S/C20H23FN4O5/c1-3-30-17(14-7-6-13(29-2)9-15(14)21)19(26)24-10-12-5-4-11(18(22)23)8-16(12)25-20(27)28/h4-9,17,25H,3,10H2,1-2H3,(H3,22,23)(H,24,26)(H,27,28). The van der Waals surface area contributed by atoms with E-state index in [1.165, 1.54) is 37.4 Å². The Hall–Kier alpha value is -3.66. The highest BCUT2D eigenvalue weighted by atomic mass is 19.1. The van der Waals surface area contributed by atoms with Crippen molar-refractivity contribution in [2.45, 2.75) is 19.6 Å². The second kappa shape index (κ2) is 10.2. The van der Waals surface area contributed by atoms with E-state index in [2.05, 4.69) is 10.6 Å². The van der Waals surface area contributed by atoms with Gasteiger partial charge in [-0.15, -0.1) is 0 Å². The molecule has 2 rings (SSSR count). The summed E-state index contributed by atoms with van der Waals surface area (Å²) in [6, 6.07) is 8.54. The topological polar surface area (TPSA) is 147 Å². The molecule has 0 fully saturated rings. The van der Waals surface area contributed by atoms with Crippen LogP contribution in [0.3, 0.4) is 0 Å². The van der Waals surface area contributed by atoms with Gasteiger partial charge in [0.25, 0.3) is 5.91 Å². The maximum Gasteiger partial charge on any atom is 0.409 e. The number of carboxylic acid groups (broad SMARTS) is 1. The van der Waals surface area contributed by atoms with E-state index in [9.17, 15) is 14.0 Å². The van der Waals surface area contributed by atoms with Gasteiger partial charge in [0.1, 0.15) is 17.4 Å². The van der Waals surface area contributed by atoms with Gasteiger partial charge in [0.05, 0.1) is 7.11 Å². The number of carbonyl (C=O) groups is 2. The minimum absolute atomic E-state index is 0.0472. The molecule has 10 heteroatoms. The number of rotatable bonds is 9. The van der Waals surface area contributed by atoms with Crippen LogP contribution in [0.2, 0.25) is 0 Å². The summed E-state index contributed by atoms with van der Waals surface area (Å²) in [5, 5.41) is 21.3. The number of amidine groups is 1. The number of nitrogens with one attached hydrogen (secondary N) is 3. The summed E-state index contributed by atoms with van der Waals surface area (Å²) in [5.74, 6) is -1.17. The lowest BCUT2D eigenvalue weighted by atomic mass is 10.1. The Morgan fingerprint density at radius 3 is 2.57 bits per heavy atom. The molecule has 2 aromatic carbocycles. The molecule has 0 saturated heterocycles. The fraction of sp³-hybridized carbons (Fsp3) is 0.250. The molecular formula is C20H23FN4O5. The summed E-state index contributed by atoms with van der Waals surface area (Å²) in [6.45, 7) is 1.79. The maximum absolute atomic E-state index is 14.4. The molecule has 0 heterocycles. The zero-order valence-electron chi connectivity index (χ0n) is 16.5. The van der Waals surface area contributed by atoms with Gasteiger partial charge in [-0.25, -0.2) is 9.18 Å². The lowest BCUT2D eigenvalue weighted by Gasteiger charge is -2.19. The molecule has 160 valence electrons. The molecular weight excluding hydrogens is 395 g/mol. The second-order valence-electron chi connectivity index (χ2n) is 6.16. The van der Waals surface area contributed by atoms with Gasteiger partial charge in [-0.05, 0) is 30.7 Å². The molecule has 2 aromatic rings. The van der Waals surface area contributed by atoms with Crippen molar-refractivity contribution in [3.05, 3.63) is 58.9 Å². The van der Waals surface area contributed by atoms with E-state index in [1.54, 1.807) is 6.92 Å². The molecule has 6 N–H and O–H groups in total. The lowest BCUT2D eigenvalue weighted by molar-refractivity contribution is -0.133. The molecule has 0 bridgehead atoms. The summed E-state index contributed by atoms with van der Waals surface area (Å²) < 4.78 is 24.8. The number of ether oxygens (including phenoxy) is 2. The Bertz CT molecular complexity index is 951. The van der Waals surface area contributed by atoms with Gasteiger partial charge in [0.15, 0.2) is 6.10 Å². The SMILES string of the molecule is CCOC(C(=O)NCc1ccc(C(=N)N)cc1NC(=O)O)c1ccc(OC)cc1F. The molecule has 0 radical (unpaired) electrons. The number of hydrogen-bond donors (Lipinski definition) is 5. The van der Waals surface area contributed by atoms with Gasteiger partial charge in [-0.3, -0.25) is 15.5 Å². The predicted molar refractivity (Wildman–Crippen MR) is 108 cm³/mol. The normalized spacial score (nSPS) is 11.4. The Kier molecular flexibility index (Phi) is 7.70. The second-order valence-corrected chi connectivity index (χ2v) is 6.16. The van der Waals surface area contributed by atoms with Gasteiger partial charge in [-0.1, -0.05) is 12.1 Å². The molecule has 0 aliphatic carbocycles. The average molecular weight is 418 g/mol. The molecule has 1 unspecified atom stereocenters. The van der Waals surface area contributed by atoms with Crippen molar-refractivity contribution >= 4 is 23.5 Å². The minimum Gasteiger partial charge on any atom is -0.497 e. The molecule has 1 atom stereocenters. The first-order valence-corrected chi connectivity index (χ1v) is 8.96. The van der Waals surface area contributed by atoms with E-state index < -0.39 is 23.9 Å². The van der Waals surface area contributed by atoms with Crippen molar-refractivity contribution in [3.63, 3.8) is 0 Å². The van der Waals surface area contributed by atoms with Gasteiger partial charge in [0, 0.05) is 36.0 Å². The number of hydrogen-bond acceptors (Lipinski definition) is 5. The van der Waals surface area contributed by atoms with Crippen molar-refractivity contribution in [1.29, 1.82) is 5.41 Å². The highest BCUT2D eigenvalue weighted by Gasteiger charge is 2.24. The highest BCUT2D eigenvalue weighted by Crippen LogP contribution is 2.25. The van der Waals surface area contributed by atoms with Crippen molar-refractivity contribution < 1.29 is 28.6 Å². The third-order valence-electron chi connectivity index (χ3n) is 4.18. The van der Waals surface area contributed by atoms with Crippen LogP contribution < -0.4 is 21.1 Å². The van der Waals surface area contributed by atoms with Gasteiger partial charge in [-0.2, -0.15) is 0 Å². The number of carbonyl (C=O) groups excluding carboxylic acids is 1. The summed E-state index contributed by atoms with van der Waals surface area (Å²) in [4.78, 5) is 23.8. The van der Waals surface area contributed by atoms with Crippen LogP contribution in [0, 0.1) is 11.2 Å². The number of amides is 2. The van der Waals surface area contributed by atoms with Crippen molar-refractivity contribution in [3.8, 4) is 5.75 Å². The average Bonchev–Trinajstić information content (AvgIpc) is 2.70. The van der Waals surface area contributed by atoms with Crippen LogP contribution in [0.25, 0.3) is 0 Å². The van der Waals surface area contributed by atoms with E-state index in [4.69, 9.17) is 25.7 Å². The van der Waals surface area contributed by atoms with E-state index in [0.717, 1.165) is 6.07 Å². The zero-order chi connectivity index (χ0) is 22.3. The van der Waals surface area contributed by atoms with E-state index in [1.807, 2.05) is 0 Å². The number of anilines is 1. The monoisotopic (exact) mass is 418 g/mol. The molecule has 2 amide bonds. The number of benzene rings is 2. The fourth-order valence-electron chi connectivity index (χ4n) is 2.73. The summed E-state index contributed by atoms with van der Waals surface area (Å²) in [6.07, 6.45) is -2.51. The van der Waals surface area contributed by atoms with Gasteiger partial charge >= 0.3 is 6.09 Å². The molecule has 0 spiro atoms. The van der Waals surface area contributed by atoms with Crippen LogP contribution in [0.4, 0.5) is 14.9 Å². The Balaban J connectivity index is 2.23. The van der Waals surface area contributed by atoms with Crippen molar-refractivity contribution in [1.82, 2.24) is 5.32 Å². The fourth-order valence-corrected chi connectivity index (χ4v) is 2.73. The third-order valence-corrected chi connectivity index (χ3v) is 4.18. The van der Waals surface area contributed by atoms with Crippen LogP contribution in [0.15, 0.2) is 36.4 Å². The summed E-state index contributed by atoms with van der Waals surface area (Å²) in [7, 11) is 1.40. The summed E-state index contributed by atoms with van der Waals surface area (Å²) >= 11 is 0. The smallest absolute Gasteiger partial charge is 0.409 e. The molecule has 0 aliphatic heterocycles. The summed E-state index contributed by atoms with van der Waals surface area (Å²) in [5.41, 5.74) is 6.40. The first-order chi connectivity index (χ1) is 14.3. The minimum atomic E-state index is -1.31. The Morgan fingerprint density at radius 2 is 2.00 bits per heavy atom. The Morgan fingerprint density at radius 1 is 1.27 bits per heavy atom. The molecule has 0 aliphatic rings. The zero-order valence-corrected chi connectivity index (χ0v) is 16.5. The Labute approximate surface area is 172 Å².